The summed E-state index contributed by atoms with van der Waals surface area (Å²) >= 11 is 3.63. The molecule has 0 atom stereocenters. The monoisotopic (exact) mass is 296 g/mol. The van der Waals surface area contributed by atoms with Gasteiger partial charge in [-0.15, -0.1) is 11.8 Å². The molecule has 2 fully saturated rings. The molecular weight excluding hydrogens is 276 g/mol. The van der Waals surface area contributed by atoms with Crippen LogP contribution in [0, 0.1) is 0 Å². The van der Waals surface area contributed by atoms with Crippen LogP contribution in [0.15, 0.2) is 34.1 Å². The van der Waals surface area contributed by atoms with Gasteiger partial charge in [-0.1, -0.05) is 0 Å². The van der Waals surface area contributed by atoms with Crippen LogP contribution in [0.5, 0.6) is 0 Å². The van der Waals surface area contributed by atoms with Crippen molar-refractivity contribution in [2.24, 2.45) is 0 Å². The molecule has 2 saturated heterocycles. The third-order valence-electron chi connectivity index (χ3n) is 3.78. The molecule has 0 bridgehead atoms. The lowest BCUT2D eigenvalue weighted by molar-refractivity contribution is -0.0672. The summed E-state index contributed by atoms with van der Waals surface area (Å²) in [5, 5.41) is 3.42. The molecule has 0 amide bonds. The fourth-order valence-electron chi connectivity index (χ4n) is 2.70. The van der Waals surface area contributed by atoms with Gasteiger partial charge in [0.2, 0.25) is 0 Å². The van der Waals surface area contributed by atoms with E-state index in [-0.39, 0.29) is 5.72 Å². The minimum Gasteiger partial charge on any atom is -0.358 e. The lowest BCUT2D eigenvalue weighted by atomic mass is 10.0. The minimum absolute atomic E-state index is 0.0336. The number of thioether (sulfide) groups is 1. The maximum absolute atomic E-state index is 6.07. The van der Waals surface area contributed by atoms with E-state index in [1.807, 2.05) is 11.9 Å². The van der Waals surface area contributed by atoms with Crippen molar-refractivity contribution >= 4 is 23.7 Å². The van der Waals surface area contributed by atoms with Gasteiger partial charge in [-0.3, -0.25) is 0 Å². The molecule has 0 aromatic heterocycles. The summed E-state index contributed by atoms with van der Waals surface area (Å²) in [5.41, 5.74) is -0.0336. The predicted molar refractivity (Wildman–Crippen MR) is 81.6 cm³/mol. The number of rotatable bonds is 3. The zero-order valence-corrected chi connectivity index (χ0v) is 12.9. The molecule has 2 heterocycles. The predicted octanol–water partition coefficient (Wildman–Crippen LogP) is 2.83. The van der Waals surface area contributed by atoms with Crippen LogP contribution in [-0.4, -0.2) is 42.5 Å². The summed E-state index contributed by atoms with van der Waals surface area (Å²) in [7, 11) is 0. The van der Waals surface area contributed by atoms with E-state index in [4.69, 9.17) is 4.74 Å². The number of ether oxygens (including phenoxy) is 1. The molecule has 1 aromatic rings. The Hall–Kier alpha value is -0.200. The molecule has 0 radical (unpaired) electrons. The van der Waals surface area contributed by atoms with Crippen molar-refractivity contribution in [2.45, 2.75) is 28.4 Å². The first-order chi connectivity index (χ1) is 9.32. The molecule has 0 aliphatic carbocycles. The highest BCUT2D eigenvalue weighted by molar-refractivity contribution is 7.98. The van der Waals surface area contributed by atoms with Crippen LogP contribution >= 0.6 is 23.7 Å². The Balaban J connectivity index is 1.70. The van der Waals surface area contributed by atoms with Gasteiger partial charge in [-0.2, -0.15) is 0 Å². The van der Waals surface area contributed by atoms with Gasteiger partial charge in [-0.05, 0) is 55.6 Å². The smallest absolute Gasteiger partial charge is 0.133 e. The van der Waals surface area contributed by atoms with Crippen LogP contribution < -0.4 is 5.32 Å². The number of hydrogen-bond donors (Lipinski definition) is 1. The normalized spacial score (nSPS) is 23.0. The molecule has 1 spiro atoms. The lowest BCUT2D eigenvalue weighted by Gasteiger charge is -2.39. The summed E-state index contributed by atoms with van der Waals surface area (Å²) in [6.45, 7) is 4.00. The molecule has 0 saturated carbocycles. The van der Waals surface area contributed by atoms with Gasteiger partial charge in [-0.25, -0.2) is 4.31 Å². The Labute approximate surface area is 123 Å². The summed E-state index contributed by atoms with van der Waals surface area (Å²) in [6.07, 6.45) is 4.28. The number of hydrogen-bond acceptors (Lipinski definition) is 5. The first-order valence-electron chi connectivity index (χ1n) is 6.77. The molecule has 0 unspecified atom stereocenters. The molecule has 1 N–H and O–H groups in total. The van der Waals surface area contributed by atoms with E-state index in [0.29, 0.717) is 0 Å². The summed E-state index contributed by atoms with van der Waals surface area (Å²) in [5.74, 6) is 0. The van der Waals surface area contributed by atoms with Gasteiger partial charge < -0.3 is 10.1 Å². The SMILES string of the molecule is CSc1ccc(SN2CCOC23CCNCC3)cc1. The number of nitrogens with zero attached hydrogens (tertiary/aromatic N) is 1. The van der Waals surface area contributed by atoms with Crippen LogP contribution in [0.1, 0.15) is 12.8 Å². The van der Waals surface area contributed by atoms with Crippen molar-refractivity contribution in [1.82, 2.24) is 9.62 Å². The van der Waals surface area contributed by atoms with E-state index in [2.05, 4.69) is 40.1 Å². The Morgan fingerprint density at radius 3 is 2.53 bits per heavy atom. The van der Waals surface area contributed by atoms with Gasteiger partial charge >= 0.3 is 0 Å². The van der Waals surface area contributed by atoms with Crippen molar-refractivity contribution in [3.8, 4) is 0 Å². The van der Waals surface area contributed by atoms with Crippen molar-refractivity contribution in [3.05, 3.63) is 24.3 Å². The Morgan fingerprint density at radius 1 is 1.16 bits per heavy atom. The van der Waals surface area contributed by atoms with Gasteiger partial charge in [0, 0.05) is 29.2 Å². The quantitative estimate of drug-likeness (QED) is 0.683. The molecule has 1 aromatic carbocycles. The summed E-state index contributed by atoms with van der Waals surface area (Å²) in [4.78, 5) is 2.62. The summed E-state index contributed by atoms with van der Waals surface area (Å²) in [6, 6.07) is 8.81. The fourth-order valence-corrected chi connectivity index (χ4v) is 4.19. The van der Waals surface area contributed by atoms with Crippen molar-refractivity contribution in [1.29, 1.82) is 0 Å². The van der Waals surface area contributed by atoms with Gasteiger partial charge in [0.1, 0.15) is 5.72 Å². The fraction of sp³-hybridized carbons (Fsp3) is 0.571. The third kappa shape index (κ3) is 2.95. The zero-order chi connectivity index (χ0) is 13.1. The Bertz CT molecular complexity index is 418. The van der Waals surface area contributed by atoms with Gasteiger partial charge in [0.05, 0.1) is 6.61 Å². The molecule has 2 aliphatic heterocycles. The van der Waals surface area contributed by atoms with E-state index < -0.39 is 0 Å². The third-order valence-corrected chi connectivity index (χ3v) is 5.74. The number of piperidine rings is 1. The molecular formula is C14H20N2OS2. The highest BCUT2D eigenvalue weighted by Gasteiger charge is 2.43. The highest BCUT2D eigenvalue weighted by Crippen LogP contribution is 2.40. The zero-order valence-electron chi connectivity index (χ0n) is 11.2. The number of benzene rings is 1. The maximum Gasteiger partial charge on any atom is 0.133 e. The van der Waals surface area contributed by atoms with Crippen LogP contribution in [-0.2, 0) is 4.74 Å². The minimum atomic E-state index is -0.0336. The molecule has 19 heavy (non-hydrogen) atoms. The first-order valence-corrected chi connectivity index (χ1v) is 8.77. The highest BCUT2D eigenvalue weighted by atomic mass is 32.2. The molecule has 2 aliphatic rings. The Kier molecular flexibility index (Phi) is 4.39. The van der Waals surface area contributed by atoms with Crippen molar-refractivity contribution < 1.29 is 4.74 Å². The average Bonchev–Trinajstić information content (AvgIpc) is 2.83. The van der Waals surface area contributed by atoms with Crippen LogP contribution in [0.4, 0.5) is 0 Å². The molecule has 5 heteroatoms. The first kappa shape index (κ1) is 13.8. The van der Waals surface area contributed by atoms with E-state index in [1.165, 1.54) is 9.79 Å². The van der Waals surface area contributed by atoms with E-state index in [0.717, 1.165) is 39.1 Å². The second kappa shape index (κ2) is 6.06. The second-order valence-corrected chi connectivity index (χ2v) is 6.89. The number of nitrogens with one attached hydrogen (secondary N) is 1. The lowest BCUT2D eigenvalue weighted by Crippen LogP contribution is -2.49. The largest absolute Gasteiger partial charge is 0.358 e. The topological polar surface area (TPSA) is 24.5 Å². The van der Waals surface area contributed by atoms with Crippen LogP contribution in [0.3, 0.4) is 0 Å². The van der Waals surface area contributed by atoms with E-state index >= 15 is 0 Å². The standard InChI is InChI=1S/C14H20N2OS2/c1-18-12-2-4-13(5-3-12)19-16-10-11-17-14(16)6-8-15-9-7-14/h2-5,15H,6-11H2,1H3. The summed E-state index contributed by atoms with van der Waals surface area (Å²) < 4.78 is 8.52. The second-order valence-electron chi connectivity index (χ2n) is 4.91. The van der Waals surface area contributed by atoms with Gasteiger partial charge in [0.25, 0.3) is 0 Å². The maximum atomic E-state index is 6.07. The molecule has 3 rings (SSSR count). The van der Waals surface area contributed by atoms with E-state index in [1.54, 1.807) is 11.8 Å². The van der Waals surface area contributed by atoms with Gasteiger partial charge in [0.15, 0.2) is 0 Å². The Morgan fingerprint density at radius 2 is 1.84 bits per heavy atom. The van der Waals surface area contributed by atoms with Crippen LogP contribution in [0.25, 0.3) is 0 Å². The van der Waals surface area contributed by atoms with E-state index in [9.17, 15) is 0 Å². The van der Waals surface area contributed by atoms with Crippen molar-refractivity contribution in [3.63, 3.8) is 0 Å². The molecule has 3 nitrogen and oxygen atoms in total. The molecule has 104 valence electrons. The average molecular weight is 296 g/mol. The van der Waals surface area contributed by atoms with Crippen molar-refractivity contribution in [2.75, 3.05) is 32.5 Å². The van der Waals surface area contributed by atoms with Crippen LogP contribution in [0.2, 0.25) is 0 Å².